The van der Waals surface area contributed by atoms with Gasteiger partial charge in [0.1, 0.15) is 5.75 Å². The Kier molecular flexibility index (Phi) is 10.0. The molecule has 228 valence electrons. The molecule has 2 nitrogen and oxygen atoms in total. The minimum atomic E-state index is 0.223. The summed E-state index contributed by atoms with van der Waals surface area (Å²) in [5, 5.41) is 0.635. The molecule has 0 aromatic heterocycles. The molecule has 0 saturated heterocycles. The monoisotopic (exact) mass is 578 g/mol. The molecule has 0 unspecified atom stereocenters. The van der Waals surface area contributed by atoms with Gasteiger partial charge < -0.3 is 4.74 Å². The van der Waals surface area contributed by atoms with Crippen molar-refractivity contribution in [1.82, 2.24) is 0 Å². The smallest absolute Gasteiger partial charge is 0.219 e. The van der Waals surface area contributed by atoms with Crippen LogP contribution in [0.5, 0.6) is 5.75 Å². The predicted molar refractivity (Wildman–Crippen MR) is 176 cm³/mol. The van der Waals surface area contributed by atoms with E-state index in [0.717, 1.165) is 72.7 Å². The number of allylic oxidation sites excluding steroid dienone is 2. The zero-order valence-electron chi connectivity index (χ0n) is 27.1. The van der Waals surface area contributed by atoms with Crippen LogP contribution >= 0.6 is 11.8 Å². The van der Waals surface area contributed by atoms with E-state index in [4.69, 9.17) is 4.74 Å². The van der Waals surface area contributed by atoms with Crippen LogP contribution in [0.15, 0.2) is 35.9 Å². The lowest BCUT2D eigenvalue weighted by molar-refractivity contribution is -0.0497. The summed E-state index contributed by atoms with van der Waals surface area (Å²) in [6.45, 7) is 15.6. The Morgan fingerprint density at radius 1 is 0.976 bits per heavy atom. The second kappa shape index (κ2) is 13.2. The largest absolute Gasteiger partial charge is 0.494 e. The van der Waals surface area contributed by atoms with E-state index in [-0.39, 0.29) is 5.12 Å². The quantitative estimate of drug-likeness (QED) is 0.193. The summed E-state index contributed by atoms with van der Waals surface area (Å²) in [5.41, 5.74) is 3.40. The van der Waals surface area contributed by atoms with Gasteiger partial charge in [-0.2, -0.15) is 0 Å². The Hall–Kier alpha value is -1.22. The molecule has 0 bridgehead atoms. The number of fused-ring (bicyclic) bond motifs is 5. The van der Waals surface area contributed by atoms with Gasteiger partial charge in [-0.15, -0.1) is 0 Å². The van der Waals surface area contributed by atoms with Crippen LogP contribution in [0.3, 0.4) is 0 Å². The van der Waals surface area contributed by atoms with Gasteiger partial charge in [-0.05, 0) is 128 Å². The van der Waals surface area contributed by atoms with E-state index in [2.05, 4.69) is 47.6 Å². The molecule has 3 saturated carbocycles. The minimum absolute atomic E-state index is 0.223. The molecule has 0 heterocycles. The third-order valence-corrected chi connectivity index (χ3v) is 13.6. The highest BCUT2D eigenvalue weighted by Gasteiger charge is 2.59. The third kappa shape index (κ3) is 6.51. The molecule has 1 aromatic carbocycles. The molecule has 3 fully saturated rings. The Bertz CT molecular complexity index is 1060. The normalized spacial score (nSPS) is 35.3. The highest BCUT2D eigenvalue weighted by atomic mass is 32.2. The SMILES string of the molecule is CCCCOc1ccc(C(=O)S[C@H]2CC[C@@]3(C)C(=CC[C@@H]4[C@H]5CC[C@@H]([C@H](C)CCCC(C)C)[C@]5(C)CC[C@H]43)C2)cc1. The number of rotatable bonds is 11. The van der Waals surface area contributed by atoms with Crippen molar-refractivity contribution in [2.24, 2.45) is 46.3 Å². The second-order valence-corrected chi connectivity index (χ2v) is 16.6. The molecule has 0 radical (unpaired) electrons. The highest BCUT2D eigenvalue weighted by molar-refractivity contribution is 8.14. The van der Waals surface area contributed by atoms with E-state index in [1.54, 1.807) is 17.3 Å². The van der Waals surface area contributed by atoms with E-state index in [0.29, 0.717) is 16.1 Å². The van der Waals surface area contributed by atoms with Crippen LogP contribution in [0.1, 0.15) is 135 Å². The number of hydrogen-bond donors (Lipinski definition) is 0. The number of unbranched alkanes of at least 4 members (excludes halogenated alkanes) is 1. The van der Waals surface area contributed by atoms with Gasteiger partial charge in [-0.1, -0.05) is 90.6 Å². The van der Waals surface area contributed by atoms with Crippen LogP contribution in [0.2, 0.25) is 0 Å². The van der Waals surface area contributed by atoms with Gasteiger partial charge >= 0.3 is 0 Å². The van der Waals surface area contributed by atoms with Crippen molar-refractivity contribution in [3.63, 3.8) is 0 Å². The van der Waals surface area contributed by atoms with Gasteiger partial charge in [0.15, 0.2) is 0 Å². The van der Waals surface area contributed by atoms with Crippen LogP contribution < -0.4 is 4.74 Å². The van der Waals surface area contributed by atoms with Gasteiger partial charge in [-0.25, -0.2) is 0 Å². The van der Waals surface area contributed by atoms with Crippen molar-refractivity contribution in [3.05, 3.63) is 41.5 Å². The lowest BCUT2D eigenvalue weighted by atomic mass is 9.47. The maximum absolute atomic E-state index is 13.2. The molecular formula is C38H58O2S. The van der Waals surface area contributed by atoms with Crippen molar-refractivity contribution in [2.45, 2.75) is 130 Å². The number of benzene rings is 1. The van der Waals surface area contributed by atoms with Crippen LogP contribution in [0, 0.1) is 46.3 Å². The van der Waals surface area contributed by atoms with Gasteiger partial charge in [0.2, 0.25) is 5.12 Å². The lowest BCUT2D eigenvalue weighted by Gasteiger charge is -2.58. The van der Waals surface area contributed by atoms with E-state index in [1.807, 2.05) is 24.3 Å². The first-order valence-electron chi connectivity index (χ1n) is 17.3. The fraction of sp³-hybridized carbons (Fsp3) is 0.763. The lowest BCUT2D eigenvalue weighted by Crippen LogP contribution is -2.50. The van der Waals surface area contributed by atoms with E-state index >= 15 is 0 Å². The van der Waals surface area contributed by atoms with Crippen molar-refractivity contribution in [1.29, 1.82) is 0 Å². The third-order valence-electron chi connectivity index (χ3n) is 12.4. The molecule has 0 aliphatic heterocycles. The molecule has 0 N–H and O–H groups in total. The molecule has 0 amide bonds. The topological polar surface area (TPSA) is 26.3 Å². The molecule has 4 aliphatic carbocycles. The summed E-state index contributed by atoms with van der Waals surface area (Å²) in [7, 11) is 0. The Labute approximate surface area is 256 Å². The maximum Gasteiger partial charge on any atom is 0.219 e. The number of carbonyl (C=O) groups excluding carboxylic acids is 1. The molecule has 0 spiro atoms. The predicted octanol–water partition coefficient (Wildman–Crippen LogP) is 11.1. The summed E-state index contributed by atoms with van der Waals surface area (Å²) < 4.78 is 5.79. The summed E-state index contributed by atoms with van der Waals surface area (Å²) in [6, 6.07) is 7.82. The molecule has 8 atom stereocenters. The Morgan fingerprint density at radius 2 is 1.76 bits per heavy atom. The second-order valence-electron chi connectivity index (χ2n) is 15.3. The van der Waals surface area contributed by atoms with Crippen molar-refractivity contribution < 1.29 is 9.53 Å². The molecular weight excluding hydrogens is 520 g/mol. The average Bonchev–Trinajstić information content (AvgIpc) is 3.31. The zero-order chi connectivity index (χ0) is 29.2. The van der Waals surface area contributed by atoms with Crippen molar-refractivity contribution in [2.75, 3.05) is 6.61 Å². The zero-order valence-corrected chi connectivity index (χ0v) is 27.9. The minimum Gasteiger partial charge on any atom is -0.494 e. The first-order chi connectivity index (χ1) is 19.7. The summed E-state index contributed by atoms with van der Waals surface area (Å²) in [5.74, 6) is 6.14. The van der Waals surface area contributed by atoms with Gasteiger partial charge in [0.05, 0.1) is 6.61 Å². The van der Waals surface area contributed by atoms with Crippen LogP contribution in [0.25, 0.3) is 0 Å². The first-order valence-corrected chi connectivity index (χ1v) is 18.2. The summed E-state index contributed by atoms with van der Waals surface area (Å²) >= 11 is 1.59. The first kappa shape index (κ1) is 31.2. The average molecular weight is 579 g/mol. The van der Waals surface area contributed by atoms with E-state index in [1.165, 1.54) is 64.2 Å². The highest BCUT2D eigenvalue weighted by Crippen LogP contribution is 2.67. The molecule has 3 heteroatoms. The molecule has 1 aromatic rings. The molecule has 5 rings (SSSR count). The van der Waals surface area contributed by atoms with Crippen molar-refractivity contribution in [3.8, 4) is 5.75 Å². The standard InChI is InChI=1S/C38H58O2S/c1-7-8-24-40-30-15-12-28(13-16-30)36(39)41-31-20-22-37(5)29(25-31)14-17-32-34-19-18-33(27(4)11-9-10-26(2)3)38(34,6)23-21-35(32)37/h12-16,26-27,31-35H,7-11,17-25H2,1-6H3/t27-,31+,32-,33+,34-,35-,37+,38+/m1/s1. The number of thioether (sulfide) groups is 1. The fourth-order valence-corrected chi connectivity index (χ4v) is 11.1. The summed E-state index contributed by atoms with van der Waals surface area (Å²) in [4.78, 5) is 13.2. The van der Waals surface area contributed by atoms with E-state index < -0.39 is 0 Å². The molecule has 4 aliphatic rings. The maximum atomic E-state index is 13.2. The Balaban J connectivity index is 1.19. The van der Waals surface area contributed by atoms with E-state index in [9.17, 15) is 4.79 Å². The van der Waals surface area contributed by atoms with Crippen LogP contribution in [-0.2, 0) is 0 Å². The number of carbonyl (C=O) groups is 1. The summed E-state index contributed by atoms with van der Waals surface area (Å²) in [6.07, 6.45) is 19.7. The van der Waals surface area contributed by atoms with Crippen LogP contribution in [0.4, 0.5) is 0 Å². The van der Waals surface area contributed by atoms with Gasteiger partial charge in [0.25, 0.3) is 0 Å². The number of ether oxygens (including phenoxy) is 1. The van der Waals surface area contributed by atoms with Gasteiger partial charge in [-0.3, -0.25) is 4.79 Å². The fourth-order valence-electron chi connectivity index (χ4n) is 9.99. The van der Waals surface area contributed by atoms with Crippen molar-refractivity contribution >= 4 is 16.9 Å². The van der Waals surface area contributed by atoms with Gasteiger partial charge in [0, 0.05) is 10.8 Å². The van der Waals surface area contributed by atoms with Crippen LogP contribution in [-0.4, -0.2) is 17.0 Å². The number of hydrogen-bond acceptors (Lipinski definition) is 3. The molecule has 41 heavy (non-hydrogen) atoms. The Morgan fingerprint density at radius 3 is 2.49 bits per heavy atom.